The van der Waals surface area contributed by atoms with Crippen LogP contribution in [0, 0.1) is 0 Å². The summed E-state index contributed by atoms with van der Waals surface area (Å²) in [5, 5.41) is 0. The van der Waals surface area contributed by atoms with Crippen molar-refractivity contribution in [2.45, 2.75) is 4.90 Å². The van der Waals surface area contributed by atoms with Gasteiger partial charge in [0.2, 0.25) is 0 Å². The Hall–Kier alpha value is -1.89. The Morgan fingerprint density at radius 2 is 1.44 bits per heavy atom. The molecular weight excluding hydrogens is 252 g/mol. The van der Waals surface area contributed by atoms with Gasteiger partial charge in [-0.2, -0.15) is 4.83 Å². The van der Waals surface area contributed by atoms with Crippen LogP contribution in [0.15, 0.2) is 59.5 Å². The van der Waals surface area contributed by atoms with E-state index in [0.29, 0.717) is 11.5 Å². The number of hydrazine groups is 1. The van der Waals surface area contributed by atoms with Crippen LogP contribution in [0.5, 0.6) is 11.5 Å². The van der Waals surface area contributed by atoms with Crippen molar-refractivity contribution in [2.24, 2.45) is 5.84 Å². The summed E-state index contributed by atoms with van der Waals surface area (Å²) in [4.78, 5) is 1.85. The van der Waals surface area contributed by atoms with Crippen LogP contribution >= 0.6 is 0 Å². The van der Waals surface area contributed by atoms with Gasteiger partial charge in [-0.3, -0.25) is 5.84 Å². The van der Waals surface area contributed by atoms with Crippen molar-refractivity contribution in [3.63, 3.8) is 0 Å². The van der Waals surface area contributed by atoms with Crippen molar-refractivity contribution in [1.29, 1.82) is 0 Å². The van der Waals surface area contributed by atoms with Crippen LogP contribution in [-0.4, -0.2) is 8.42 Å². The van der Waals surface area contributed by atoms with Crippen molar-refractivity contribution in [3.8, 4) is 11.5 Å². The van der Waals surface area contributed by atoms with Gasteiger partial charge in [-0.25, -0.2) is 8.42 Å². The van der Waals surface area contributed by atoms with Crippen molar-refractivity contribution in [2.75, 3.05) is 0 Å². The van der Waals surface area contributed by atoms with Crippen molar-refractivity contribution in [3.05, 3.63) is 54.6 Å². The van der Waals surface area contributed by atoms with E-state index in [1.54, 1.807) is 17.0 Å². The number of hydrogen-bond acceptors (Lipinski definition) is 4. The van der Waals surface area contributed by atoms with E-state index >= 15 is 0 Å². The van der Waals surface area contributed by atoms with E-state index in [0.717, 1.165) is 0 Å². The molecule has 0 aliphatic heterocycles. The molecule has 0 heterocycles. The van der Waals surface area contributed by atoms with Crippen LogP contribution in [-0.2, 0) is 10.0 Å². The van der Waals surface area contributed by atoms with E-state index in [1.807, 2.05) is 30.3 Å². The highest BCUT2D eigenvalue weighted by molar-refractivity contribution is 7.89. The first-order valence-corrected chi connectivity index (χ1v) is 6.65. The smallest absolute Gasteiger partial charge is 0.253 e. The predicted octanol–water partition coefficient (Wildman–Crippen LogP) is 1.63. The molecule has 0 unspecified atom stereocenters. The molecule has 5 nitrogen and oxygen atoms in total. The number of nitrogens with one attached hydrogen (secondary N) is 1. The topological polar surface area (TPSA) is 81.4 Å². The number of ether oxygens (including phenoxy) is 1. The maximum atomic E-state index is 11.4. The average Bonchev–Trinajstić information content (AvgIpc) is 2.40. The minimum Gasteiger partial charge on any atom is -0.457 e. The van der Waals surface area contributed by atoms with E-state index < -0.39 is 10.0 Å². The molecular formula is C12H12N2O3S. The second-order valence-corrected chi connectivity index (χ2v) is 5.22. The number of para-hydroxylation sites is 1. The number of benzene rings is 2. The molecule has 0 fully saturated rings. The molecule has 6 heteroatoms. The summed E-state index contributed by atoms with van der Waals surface area (Å²) in [5.74, 6) is 6.17. The molecule has 0 atom stereocenters. The first kappa shape index (κ1) is 12.6. The van der Waals surface area contributed by atoms with Crippen molar-refractivity contribution in [1.82, 2.24) is 4.83 Å². The normalized spacial score (nSPS) is 11.2. The lowest BCUT2D eigenvalue weighted by Crippen LogP contribution is -2.30. The van der Waals surface area contributed by atoms with Gasteiger partial charge < -0.3 is 4.74 Å². The Labute approximate surface area is 105 Å². The lowest BCUT2D eigenvalue weighted by molar-refractivity contribution is 0.482. The third kappa shape index (κ3) is 2.86. The molecule has 0 radical (unpaired) electrons. The van der Waals surface area contributed by atoms with Gasteiger partial charge in [0.15, 0.2) is 0 Å². The number of sulfonamides is 1. The highest BCUT2D eigenvalue weighted by atomic mass is 32.2. The van der Waals surface area contributed by atoms with Crippen LogP contribution in [0.3, 0.4) is 0 Å². The third-order valence-electron chi connectivity index (χ3n) is 2.27. The van der Waals surface area contributed by atoms with Crippen molar-refractivity contribution < 1.29 is 13.2 Å². The van der Waals surface area contributed by atoms with Gasteiger partial charge in [-0.15, -0.1) is 0 Å². The summed E-state index contributed by atoms with van der Waals surface area (Å²) >= 11 is 0. The molecule has 0 bridgehead atoms. The minimum atomic E-state index is -3.62. The van der Waals surface area contributed by atoms with E-state index in [9.17, 15) is 8.42 Å². The second kappa shape index (κ2) is 5.18. The molecule has 0 saturated carbocycles. The second-order valence-electron chi connectivity index (χ2n) is 3.51. The summed E-state index contributed by atoms with van der Waals surface area (Å²) in [6.07, 6.45) is 0. The van der Waals surface area contributed by atoms with Gasteiger partial charge in [-0.1, -0.05) is 18.2 Å². The van der Waals surface area contributed by atoms with Gasteiger partial charge in [-0.05, 0) is 36.4 Å². The molecule has 2 aromatic carbocycles. The molecule has 0 aliphatic carbocycles. The zero-order valence-corrected chi connectivity index (χ0v) is 10.2. The van der Waals surface area contributed by atoms with Crippen LogP contribution in [0.25, 0.3) is 0 Å². The molecule has 3 N–H and O–H groups in total. The summed E-state index contributed by atoms with van der Waals surface area (Å²) < 4.78 is 28.3. The predicted molar refractivity (Wildman–Crippen MR) is 67.5 cm³/mol. The Kier molecular flexibility index (Phi) is 3.61. The van der Waals surface area contributed by atoms with Gasteiger partial charge in [0.25, 0.3) is 10.0 Å². The Morgan fingerprint density at radius 3 is 2.00 bits per heavy atom. The molecule has 0 amide bonds. The third-order valence-corrected chi connectivity index (χ3v) is 3.47. The summed E-state index contributed by atoms with van der Waals surface area (Å²) in [6, 6.07) is 15.2. The van der Waals surface area contributed by atoms with Gasteiger partial charge in [0.05, 0.1) is 4.90 Å². The molecule has 2 rings (SSSR count). The van der Waals surface area contributed by atoms with Crippen LogP contribution < -0.4 is 15.4 Å². The fourth-order valence-electron chi connectivity index (χ4n) is 1.38. The molecule has 2 aromatic rings. The lowest BCUT2D eigenvalue weighted by Gasteiger charge is -2.06. The minimum absolute atomic E-state index is 0.0883. The van der Waals surface area contributed by atoms with Gasteiger partial charge in [0, 0.05) is 0 Å². The van der Waals surface area contributed by atoms with Crippen LogP contribution in [0.4, 0.5) is 0 Å². The number of nitrogens with two attached hydrogens (primary N) is 1. The highest BCUT2D eigenvalue weighted by Gasteiger charge is 2.11. The number of rotatable bonds is 4. The van der Waals surface area contributed by atoms with Crippen molar-refractivity contribution >= 4 is 10.0 Å². The summed E-state index contributed by atoms with van der Waals surface area (Å²) in [6.45, 7) is 0. The summed E-state index contributed by atoms with van der Waals surface area (Å²) in [5.41, 5.74) is 0. The molecule has 0 saturated heterocycles. The van der Waals surface area contributed by atoms with E-state index in [-0.39, 0.29) is 4.90 Å². The zero-order valence-electron chi connectivity index (χ0n) is 9.41. The highest BCUT2D eigenvalue weighted by Crippen LogP contribution is 2.22. The van der Waals surface area contributed by atoms with Crippen LogP contribution in [0.2, 0.25) is 0 Å². The maximum Gasteiger partial charge on any atom is 0.253 e. The molecule has 0 aromatic heterocycles. The molecule has 18 heavy (non-hydrogen) atoms. The van der Waals surface area contributed by atoms with E-state index in [1.165, 1.54) is 12.1 Å². The van der Waals surface area contributed by atoms with E-state index in [2.05, 4.69) is 0 Å². The Bertz CT molecular complexity index is 610. The molecule has 94 valence electrons. The zero-order chi connectivity index (χ0) is 13.0. The molecule has 0 spiro atoms. The van der Waals surface area contributed by atoms with Crippen LogP contribution in [0.1, 0.15) is 0 Å². The first-order valence-electron chi connectivity index (χ1n) is 5.17. The Balaban J connectivity index is 2.19. The van der Waals surface area contributed by atoms with Gasteiger partial charge >= 0.3 is 0 Å². The lowest BCUT2D eigenvalue weighted by atomic mass is 10.3. The maximum absolute atomic E-state index is 11.4. The van der Waals surface area contributed by atoms with E-state index in [4.69, 9.17) is 10.6 Å². The molecule has 0 aliphatic rings. The largest absolute Gasteiger partial charge is 0.457 e. The average molecular weight is 264 g/mol. The SMILES string of the molecule is NNS(=O)(=O)c1ccc(Oc2ccccc2)cc1. The van der Waals surface area contributed by atoms with Gasteiger partial charge in [0.1, 0.15) is 11.5 Å². The fraction of sp³-hybridized carbons (Fsp3) is 0. The number of hydrogen-bond donors (Lipinski definition) is 2. The summed E-state index contributed by atoms with van der Waals surface area (Å²) in [7, 11) is -3.62. The first-order chi connectivity index (χ1) is 8.62. The monoisotopic (exact) mass is 264 g/mol. The quantitative estimate of drug-likeness (QED) is 0.649. The fourth-order valence-corrected chi connectivity index (χ4v) is 2.01. The Morgan fingerprint density at radius 1 is 0.889 bits per heavy atom. The standard InChI is InChI=1S/C12H12N2O3S/c13-14-18(15,16)12-8-6-11(7-9-12)17-10-4-2-1-3-5-10/h1-9,14H,13H2.